The van der Waals surface area contributed by atoms with Crippen molar-refractivity contribution < 1.29 is 74.4 Å². The summed E-state index contributed by atoms with van der Waals surface area (Å²) in [6.45, 7) is 14.7. The summed E-state index contributed by atoms with van der Waals surface area (Å²) in [4.78, 5) is 74.8. The van der Waals surface area contributed by atoms with Gasteiger partial charge in [0.25, 0.3) is 23.5 Å². The Hall–Kier alpha value is -7.69. The number of benzene rings is 3. The molecule has 6 aliphatic heterocycles. The number of nitrogens with one attached hydrogen (secondary N) is 1. The highest BCUT2D eigenvalue weighted by atomic mass is 32.2. The summed E-state index contributed by atoms with van der Waals surface area (Å²) in [5.41, 5.74) is 1.83. The second kappa shape index (κ2) is 28.3. The fourth-order valence-electron chi connectivity index (χ4n) is 15.7. The number of halogens is 7. The molecule has 3 saturated heterocycles. The number of carbonyl (C=O) groups excluding carboxylic acids is 5. The van der Waals surface area contributed by atoms with Gasteiger partial charge in [-0.25, -0.2) is 17.5 Å². The number of sulfonamides is 1. The highest BCUT2D eigenvalue weighted by molar-refractivity contribution is 7.89. The first-order valence-corrected chi connectivity index (χ1v) is 35.8. The van der Waals surface area contributed by atoms with Gasteiger partial charge in [0.1, 0.15) is 17.6 Å². The predicted octanol–water partition coefficient (Wildman–Crippen LogP) is 11.0. The van der Waals surface area contributed by atoms with Crippen LogP contribution in [0.25, 0.3) is 0 Å². The van der Waals surface area contributed by atoms with Crippen LogP contribution in [0.5, 0.6) is 5.75 Å². The van der Waals surface area contributed by atoms with Crippen LogP contribution in [0.3, 0.4) is 0 Å². The summed E-state index contributed by atoms with van der Waals surface area (Å²) >= 11 is 0. The van der Waals surface area contributed by atoms with Crippen molar-refractivity contribution in [3.05, 3.63) is 165 Å². The Morgan fingerprint density at radius 3 is 1.57 bits per heavy atom. The number of ether oxygens (including phenoxy) is 1. The molecule has 27 heteroatoms. The number of aryl methyl sites for hydroxylation is 1. The molecule has 100 heavy (non-hydrogen) atoms. The van der Waals surface area contributed by atoms with Crippen LogP contribution in [0.2, 0.25) is 0 Å². The van der Waals surface area contributed by atoms with Gasteiger partial charge in [-0.1, -0.05) is 19.4 Å². The summed E-state index contributed by atoms with van der Waals surface area (Å²) in [5, 5.41) is 10.3. The molecule has 2 N–H and O–H groups in total. The summed E-state index contributed by atoms with van der Waals surface area (Å²) in [6, 6.07) is 27.6. The van der Waals surface area contributed by atoms with Crippen molar-refractivity contribution in [3.63, 3.8) is 0 Å². The van der Waals surface area contributed by atoms with E-state index in [0.717, 1.165) is 74.7 Å². The molecule has 3 amide bonds. The van der Waals surface area contributed by atoms with Crippen LogP contribution in [0.15, 0.2) is 108 Å². The van der Waals surface area contributed by atoms with E-state index in [-0.39, 0.29) is 86.2 Å². The average Bonchev–Trinajstić information content (AvgIpc) is 1.67. The second-order valence-corrected chi connectivity index (χ2v) is 29.9. The average molecular weight is 1420 g/mol. The summed E-state index contributed by atoms with van der Waals surface area (Å²) < 4.78 is 133. The minimum atomic E-state index is -4.94. The minimum Gasteiger partial charge on any atom is -0.494 e. The van der Waals surface area contributed by atoms with Gasteiger partial charge in [0.2, 0.25) is 10.0 Å². The van der Waals surface area contributed by atoms with Gasteiger partial charge in [-0.3, -0.25) is 38.7 Å². The maximum absolute atomic E-state index is 15.8. The predicted molar refractivity (Wildman–Crippen MR) is 362 cm³/mol. The van der Waals surface area contributed by atoms with E-state index in [9.17, 15) is 63.8 Å². The van der Waals surface area contributed by atoms with Gasteiger partial charge < -0.3 is 38.2 Å². The van der Waals surface area contributed by atoms with E-state index in [1.165, 1.54) is 56.1 Å². The monoisotopic (exact) mass is 1420 g/mol. The number of Topliss-reactive ketones (excluding diaryl/α,β-unsaturated/α-hetero) is 2. The molecule has 13 rings (SSSR count). The molecule has 0 bridgehead atoms. The Morgan fingerprint density at radius 2 is 1.08 bits per heavy atom. The van der Waals surface area contributed by atoms with Crippen LogP contribution in [-0.2, 0) is 58.1 Å². The minimum absolute atomic E-state index is 0. The van der Waals surface area contributed by atoms with E-state index in [1.54, 1.807) is 68.8 Å². The van der Waals surface area contributed by atoms with Crippen molar-refractivity contribution >= 4 is 39.3 Å². The van der Waals surface area contributed by atoms with Crippen molar-refractivity contribution in [1.82, 2.24) is 47.8 Å². The Kier molecular flexibility index (Phi) is 20.8. The van der Waals surface area contributed by atoms with Crippen molar-refractivity contribution in [2.45, 2.75) is 164 Å². The van der Waals surface area contributed by atoms with Crippen molar-refractivity contribution in [2.75, 3.05) is 86.7 Å². The van der Waals surface area contributed by atoms with Crippen LogP contribution in [0.4, 0.5) is 30.7 Å². The summed E-state index contributed by atoms with van der Waals surface area (Å²) in [7, 11) is 2.20. The second-order valence-electron chi connectivity index (χ2n) is 28.2. The largest absolute Gasteiger partial charge is 0.494 e. The Morgan fingerprint density at radius 1 is 0.600 bits per heavy atom. The molecule has 9 heterocycles. The number of aromatic nitrogens is 3. The van der Waals surface area contributed by atoms with Crippen LogP contribution < -0.4 is 9.46 Å². The zero-order chi connectivity index (χ0) is 72.2. The Balaban J connectivity index is 0.000000163. The molecule has 19 nitrogen and oxygen atoms in total. The van der Waals surface area contributed by atoms with E-state index >= 15 is 4.39 Å². The van der Waals surface area contributed by atoms with E-state index < -0.39 is 56.7 Å². The lowest BCUT2D eigenvalue weighted by Gasteiger charge is -2.52. The highest BCUT2D eigenvalue weighted by Gasteiger charge is 2.54. The van der Waals surface area contributed by atoms with Crippen molar-refractivity contribution in [1.29, 1.82) is 0 Å². The SMILES string of the molecule is CCCCOc1ccc(C(=O)N2CCC3(CC2)c2ccc(C(C)=O)n2CCN3C)cc1.CN1CCn2c(C(=O)C(F)(F)F)ccc2C12CCN(C(=O)c1ccc(S(=O)(=O)NC3CC3)cc1)CC2.Cc1cc(C(=O)N2CC[C@]3(c4ccc(C(F)(F)F)n4CCN3C)[C@H](F)C2)ccc1C(C)(C)O.[HH]. The zero-order valence-electron chi connectivity index (χ0n) is 57.8. The zero-order valence-corrected chi connectivity index (χ0v) is 58.6. The number of likely N-dealkylation sites (tertiary alicyclic amines) is 3. The molecule has 0 unspecified atom stereocenters. The number of ketones is 2. The maximum atomic E-state index is 15.8. The van der Waals surface area contributed by atoms with Gasteiger partial charge in [0.05, 0.1) is 51.7 Å². The fraction of sp³-hybridized carbons (Fsp3) is 0.521. The molecule has 3 aromatic heterocycles. The number of rotatable bonds is 13. The molecule has 1 aliphatic carbocycles. The van der Waals surface area contributed by atoms with Crippen molar-refractivity contribution in [3.8, 4) is 5.75 Å². The van der Waals surface area contributed by atoms with E-state index in [4.69, 9.17) is 4.74 Å². The lowest BCUT2D eigenvalue weighted by molar-refractivity contribution is -0.145. The third-order valence-corrected chi connectivity index (χ3v) is 23.2. The molecule has 542 valence electrons. The highest BCUT2D eigenvalue weighted by Crippen LogP contribution is 2.47. The molecule has 6 aromatic rings. The van der Waals surface area contributed by atoms with Gasteiger partial charge in [-0.2, -0.15) is 26.3 Å². The first-order chi connectivity index (χ1) is 47.1. The number of unbranched alkanes of at least 4 members (excludes halogenated alkanes) is 1. The van der Waals surface area contributed by atoms with Gasteiger partial charge in [-0.15, -0.1) is 0 Å². The molecule has 3 aromatic carbocycles. The number of hydrogen-bond acceptors (Lipinski definition) is 12. The van der Waals surface area contributed by atoms with E-state index in [0.29, 0.717) is 85.8 Å². The molecule has 1 saturated carbocycles. The van der Waals surface area contributed by atoms with Crippen molar-refractivity contribution in [2.24, 2.45) is 0 Å². The van der Waals surface area contributed by atoms with E-state index in [1.807, 2.05) is 42.3 Å². The molecule has 3 spiro atoms. The van der Waals surface area contributed by atoms with Crippen LogP contribution >= 0.6 is 0 Å². The quantitative estimate of drug-likeness (QED) is 0.0632. The lowest BCUT2D eigenvalue weighted by atomic mass is 9.79. The van der Waals surface area contributed by atoms with Gasteiger partial charge in [0.15, 0.2) is 5.78 Å². The van der Waals surface area contributed by atoms with Crippen LogP contribution in [-0.4, -0.2) is 191 Å². The normalized spacial score (nSPS) is 21.0. The number of hydrogen-bond donors (Lipinski definition) is 2. The Labute approximate surface area is 580 Å². The number of fused-ring (bicyclic) bond motifs is 6. The van der Waals surface area contributed by atoms with Gasteiger partial charge >= 0.3 is 12.4 Å². The summed E-state index contributed by atoms with van der Waals surface area (Å²) in [6.07, 6.45) is -4.29. The standard InChI is InChI=1S/C25H33N3O3.C24H29F4N3O2.C24H27F3N4O4S.H2/c1-4-5-18-31-21-8-6-20(7-9-21)24(30)27-14-12-25(13-15-27)23-11-10-22(19(2)29)28(23)17-16-26(25)3;1-15-13-16(5-6-17(15)22(2,3)33)21(32)30-10-9-23(18(25)14-30)19-7-8-20(24(26,27)28)31(19)12-11-29(23)4;1-29-14-15-31-19(21(32)24(25,26)27)8-9-20(31)23(29)10-12-30(13-11-23)22(33)16-2-6-18(7-3-16)36(34,35)28-17-4-5-17;/h6-11H,4-5,12-18H2,1-3H3;5-8,13,18,33H,9-12,14H2,1-4H3;2-3,6-9,17,28H,4-5,10-15H2,1H3;1H/t;18-,23-;;/m.1../s1. The number of amides is 3. The van der Waals surface area contributed by atoms with Gasteiger partial charge in [-0.05, 0) is 201 Å². The van der Waals surface area contributed by atoms with Crippen LogP contribution in [0, 0.1) is 6.92 Å². The number of piperidine rings is 3. The van der Waals surface area contributed by atoms with Gasteiger partial charge in [0, 0.05) is 120 Å². The topological polar surface area (TPSA) is 195 Å². The number of likely N-dealkylation sites (N-methyl/N-ethyl adjacent to an activating group) is 3. The van der Waals surface area contributed by atoms with E-state index in [2.05, 4.69) is 39.1 Å². The smallest absolute Gasteiger partial charge is 0.456 e. The fourth-order valence-corrected chi connectivity index (χ4v) is 17.0. The number of aliphatic hydroxyl groups is 1. The third-order valence-electron chi connectivity index (χ3n) is 21.6. The molecule has 2 atom stereocenters. The molecule has 4 fully saturated rings. The number of carbonyl (C=O) groups is 5. The Bertz CT molecular complexity index is 4150. The number of alkyl halides is 7. The van der Waals surface area contributed by atoms with Crippen LogP contribution in [0.1, 0.15) is 173 Å². The first kappa shape index (κ1) is 73.5. The lowest BCUT2D eigenvalue weighted by Crippen LogP contribution is -2.63. The first-order valence-electron chi connectivity index (χ1n) is 34.3. The summed E-state index contributed by atoms with van der Waals surface area (Å²) in [5.74, 6) is -1.41. The molecule has 7 aliphatic rings. The molecule has 0 radical (unpaired) electrons. The molecular weight excluding hydrogens is 1330 g/mol. The maximum Gasteiger partial charge on any atom is 0.456 e. The molecular formula is C73H91F7N10O9S. The number of nitrogens with zero attached hydrogens (tertiary/aromatic N) is 9. The third kappa shape index (κ3) is 14.3.